The second-order valence-electron chi connectivity index (χ2n) is 13.7. The number of anilines is 1. The predicted octanol–water partition coefficient (Wildman–Crippen LogP) is 8.61. The number of para-hydroxylation sites is 1. The van der Waals surface area contributed by atoms with Gasteiger partial charge in [-0.2, -0.15) is 0 Å². The number of carbonyl (C=O) groups excluding carboxylic acids is 1. The number of amides is 1. The van der Waals surface area contributed by atoms with Crippen molar-refractivity contribution < 1.29 is 42.2 Å². The fraction of sp³-hybridized carbons (Fsp3) is 0.182. The van der Waals surface area contributed by atoms with Crippen molar-refractivity contribution >= 4 is 42.3 Å². The van der Waals surface area contributed by atoms with Gasteiger partial charge in [-0.25, -0.2) is 19.5 Å². The molecule has 1 amide bonds. The van der Waals surface area contributed by atoms with Crippen molar-refractivity contribution in [3.63, 3.8) is 0 Å². The number of phosphoric ester groups is 1. The Morgan fingerprint density at radius 1 is 0.833 bits per heavy atom. The molecule has 14 nitrogen and oxygen atoms in total. The zero-order valence-electron chi connectivity index (χ0n) is 32.3. The molecule has 1 fully saturated rings. The molecule has 0 aliphatic carbocycles. The number of imidazole rings is 1. The molecule has 2 aromatic heterocycles. The van der Waals surface area contributed by atoms with E-state index in [1.165, 1.54) is 24.8 Å². The molecule has 1 aliphatic rings. The molecule has 8 rings (SSSR count). The Bertz CT molecular complexity index is 2570. The van der Waals surface area contributed by atoms with E-state index < -0.39 is 31.9 Å². The standard InChI is InChI=1S/C44H39ClN5O9P/c1-54-33-21-17-31(18-22-33)44(30-13-7-4-8-14-30,32-19-23-34(55-2)24-20-32)56-26-38-37(59-60(52,53)58-36-16-10-9-15-35(36)45)25-39(57-38)50-28-48-40-41(46-27-47-42(40)50)49-43(51)29-11-5-3-6-12-29/h3-24,27-28,37-39H,25-26H2,1-2H3,(H,52,53)(H,46,47,49,51). The van der Waals surface area contributed by atoms with Crippen LogP contribution in [0.15, 0.2) is 146 Å². The van der Waals surface area contributed by atoms with Crippen molar-refractivity contribution in [3.05, 3.63) is 173 Å². The number of fused-ring (bicyclic) bond motifs is 1. The summed E-state index contributed by atoms with van der Waals surface area (Å²) in [6.07, 6.45) is -0.0394. The maximum atomic E-state index is 13.7. The average Bonchev–Trinajstić information content (AvgIpc) is 3.90. The molecule has 0 saturated carbocycles. The summed E-state index contributed by atoms with van der Waals surface area (Å²) < 4.78 is 51.7. The third kappa shape index (κ3) is 8.48. The molecule has 4 unspecified atom stereocenters. The summed E-state index contributed by atoms with van der Waals surface area (Å²) in [5.74, 6) is 1.10. The lowest BCUT2D eigenvalue weighted by molar-refractivity contribution is -0.0919. The minimum Gasteiger partial charge on any atom is -0.497 e. The van der Waals surface area contributed by atoms with Gasteiger partial charge in [-0.05, 0) is 65.2 Å². The highest BCUT2D eigenvalue weighted by Gasteiger charge is 2.46. The van der Waals surface area contributed by atoms with Crippen LogP contribution in [0.3, 0.4) is 0 Å². The van der Waals surface area contributed by atoms with Crippen LogP contribution in [0.2, 0.25) is 5.02 Å². The number of ether oxygens (including phenoxy) is 4. The van der Waals surface area contributed by atoms with Gasteiger partial charge in [0.05, 0.1) is 32.2 Å². The van der Waals surface area contributed by atoms with E-state index in [4.69, 9.17) is 39.6 Å². The van der Waals surface area contributed by atoms with E-state index in [0.29, 0.717) is 28.2 Å². The third-order valence-corrected chi connectivity index (χ3v) is 11.4. The third-order valence-electron chi connectivity index (χ3n) is 10.1. The quantitative estimate of drug-likeness (QED) is 0.0747. The van der Waals surface area contributed by atoms with Gasteiger partial charge in [0.25, 0.3) is 5.91 Å². The van der Waals surface area contributed by atoms with Crippen molar-refractivity contribution in [1.82, 2.24) is 19.5 Å². The molecular formula is C44H39ClN5O9P. The summed E-state index contributed by atoms with van der Waals surface area (Å²) in [7, 11) is -1.64. The number of rotatable bonds is 15. The van der Waals surface area contributed by atoms with E-state index in [1.807, 2.05) is 84.9 Å². The van der Waals surface area contributed by atoms with Crippen LogP contribution in [0.5, 0.6) is 17.2 Å². The molecule has 0 radical (unpaired) electrons. The number of phosphoric acid groups is 1. The van der Waals surface area contributed by atoms with Gasteiger partial charge in [0.2, 0.25) is 0 Å². The zero-order valence-corrected chi connectivity index (χ0v) is 34.0. The second kappa shape index (κ2) is 17.6. The number of aromatic nitrogens is 4. The number of hydrogen-bond acceptors (Lipinski definition) is 11. The highest BCUT2D eigenvalue weighted by molar-refractivity contribution is 7.47. The average molecular weight is 848 g/mol. The lowest BCUT2D eigenvalue weighted by Gasteiger charge is -2.37. The first-order valence-corrected chi connectivity index (χ1v) is 20.7. The van der Waals surface area contributed by atoms with Crippen LogP contribution in [-0.4, -0.2) is 63.4 Å². The highest BCUT2D eigenvalue weighted by Crippen LogP contribution is 2.51. The number of nitrogens with one attached hydrogen (secondary N) is 1. The molecular weight excluding hydrogens is 809 g/mol. The van der Waals surface area contributed by atoms with E-state index in [1.54, 1.807) is 55.2 Å². The SMILES string of the molecule is COc1ccc(C(OCC2OC(n3cnc4c(NC(=O)c5ccccc5)ncnc43)CC2OP(=O)(O)Oc2ccccc2Cl)(c2ccccc2)c2ccc(OC)cc2)cc1. The summed E-state index contributed by atoms with van der Waals surface area (Å²) in [6, 6.07) is 39.8. The summed E-state index contributed by atoms with van der Waals surface area (Å²) in [4.78, 5) is 37.6. The number of methoxy groups -OCH3 is 2. The number of nitrogens with zero attached hydrogens (tertiary/aromatic N) is 4. The van der Waals surface area contributed by atoms with E-state index >= 15 is 0 Å². The highest BCUT2D eigenvalue weighted by atomic mass is 35.5. The van der Waals surface area contributed by atoms with Crippen LogP contribution in [0.4, 0.5) is 5.82 Å². The van der Waals surface area contributed by atoms with Crippen molar-refractivity contribution in [2.45, 2.75) is 30.5 Å². The lowest BCUT2D eigenvalue weighted by atomic mass is 9.80. The van der Waals surface area contributed by atoms with E-state index in [9.17, 15) is 14.3 Å². The maximum Gasteiger partial charge on any atom is 0.527 e. The van der Waals surface area contributed by atoms with E-state index in [2.05, 4.69) is 20.3 Å². The smallest absolute Gasteiger partial charge is 0.497 e. The minimum atomic E-state index is -4.83. The van der Waals surface area contributed by atoms with Crippen LogP contribution < -0.4 is 19.3 Å². The zero-order chi connectivity index (χ0) is 41.7. The summed E-state index contributed by atoms with van der Waals surface area (Å²) in [5.41, 5.74) is 2.17. The topological polar surface area (TPSA) is 165 Å². The number of carbonyl (C=O) groups is 1. The Morgan fingerprint density at radius 3 is 2.07 bits per heavy atom. The molecule has 16 heteroatoms. The summed E-state index contributed by atoms with van der Waals surface area (Å²) >= 11 is 6.29. The molecule has 2 N–H and O–H groups in total. The predicted molar refractivity (Wildman–Crippen MR) is 223 cm³/mol. The van der Waals surface area contributed by atoms with Gasteiger partial charge in [-0.3, -0.25) is 18.8 Å². The fourth-order valence-electron chi connectivity index (χ4n) is 7.17. The van der Waals surface area contributed by atoms with Crippen molar-refractivity contribution in [2.24, 2.45) is 0 Å². The minimum absolute atomic E-state index is 0.0299. The molecule has 0 bridgehead atoms. The molecule has 60 heavy (non-hydrogen) atoms. The number of hydrogen-bond donors (Lipinski definition) is 2. The largest absolute Gasteiger partial charge is 0.527 e. The maximum absolute atomic E-state index is 13.7. The van der Waals surface area contributed by atoms with Crippen LogP contribution in [0.25, 0.3) is 11.2 Å². The Labute approximate surface area is 350 Å². The normalized spacial score (nSPS) is 17.5. The van der Waals surface area contributed by atoms with E-state index in [-0.39, 0.29) is 35.5 Å². The molecule has 4 atom stereocenters. The Morgan fingerprint density at radius 2 is 1.43 bits per heavy atom. The number of benzene rings is 5. The lowest BCUT2D eigenvalue weighted by Crippen LogP contribution is -2.38. The first kappa shape index (κ1) is 40.7. The van der Waals surface area contributed by atoms with Gasteiger partial charge >= 0.3 is 7.82 Å². The molecule has 7 aromatic rings. The molecule has 3 heterocycles. The second-order valence-corrected chi connectivity index (χ2v) is 15.4. The van der Waals surface area contributed by atoms with Gasteiger partial charge in [0.15, 0.2) is 17.0 Å². The summed E-state index contributed by atoms with van der Waals surface area (Å²) in [5, 5.41) is 2.94. The Balaban J connectivity index is 1.16. The first-order chi connectivity index (χ1) is 29.2. The van der Waals surface area contributed by atoms with Gasteiger partial charge in [-0.15, -0.1) is 0 Å². The Hall–Kier alpha value is -6.12. The van der Waals surface area contributed by atoms with Gasteiger partial charge in [-0.1, -0.05) is 96.5 Å². The van der Waals surface area contributed by atoms with Crippen LogP contribution >= 0.6 is 19.4 Å². The summed E-state index contributed by atoms with van der Waals surface area (Å²) in [6.45, 7) is -0.153. The van der Waals surface area contributed by atoms with Gasteiger partial charge in [0, 0.05) is 12.0 Å². The molecule has 1 saturated heterocycles. The Kier molecular flexibility index (Phi) is 11.9. The first-order valence-electron chi connectivity index (χ1n) is 18.8. The van der Waals surface area contributed by atoms with Crippen molar-refractivity contribution in [2.75, 3.05) is 26.1 Å². The monoisotopic (exact) mass is 847 g/mol. The number of halogens is 1. The van der Waals surface area contributed by atoms with E-state index in [0.717, 1.165) is 16.7 Å². The van der Waals surface area contributed by atoms with Crippen molar-refractivity contribution in [1.29, 1.82) is 0 Å². The molecule has 1 aliphatic heterocycles. The fourth-order valence-corrected chi connectivity index (χ4v) is 8.42. The van der Waals surface area contributed by atoms with Crippen molar-refractivity contribution in [3.8, 4) is 17.2 Å². The molecule has 5 aromatic carbocycles. The molecule has 0 spiro atoms. The van der Waals surface area contributed by atoms with Crippen LogP contribution in [-0.2, 0) is 24.2 Å². The van der Waals surface area contributed by atoms with Crippen LogP contribution in [0.1, 0.15) is 39.7 Å². The van der Waals surface area contributed by atoms with Gasteiger partial charge < -0.3 is 28.8 Å². The molecule has 306 valence electrons. The van der Waals surface area contributed by atoms with Crippen LogP contribution in [0, 0.1) is 0 Å². The van der Waals surface area contributed by atoms with Gasteiger partial charge in [0.1, 0.15) is 47.6 Å².